The van der Waals surface area contributed by atoms with Crippen LogP contribution in [0.3, 0.4) is 0 Å². The van der Waals surface area contributed by atoms with Gasteiger partial charge in [-0.3, -0.25) is 4.99 Å². The van der Waals surface area contributed by atoms with Crippen molar-refractivity contribution in [3.63, 3.8) is 0 Å². The lowest BCUT2D eigenvalue weighted by Gasteiger charge is -2.13. The molecule has 1 aromatic rings. The van der Waals surface area contributed by atoms with E-state index in [2.05, 4.69) is 87.8 Å². The van der Waals surface area contributed by atoms with Crippen molar-refractivity contribution in [2.45, 2.75) is 40.7 Å². The second-order valence-corrected chi connectivity index (χ2v) is 5.30. The van der Waals surface area contributed by atoms with Gasteiger partial charge in [0.05, 0.1) is 6.04 Å². The minimum absolute atomic E-state index is 0.186. The van der Waals surface area contributed by atoms with Crippen LogP contribution in [0.4, 0.5) is 0 Å². The molecule has 1 atom stereocenters. The number of nitrogens with zero attached hydrogens (tertiary/aromatic N) is 1. The smallest absolute Gasteiger partial charge is 0.0650 e. The van der Waals surface area contributed by atoms with E-state index in [1.54, 1.807) is 0 Å². The Hall–Kier alpha value is -2.15. The number of hydrogen-bond acceptors (Lipinski definition) is 1. The molecule has 1 nitrogen and oxygen atoms in total. The lowest BCUT2D eigenvalue weighted by atomic mass is 9.92. The molecule has 0 fully saturated rings. The van der Waals surface area contributed by atoms with Crippen molar-refractivity contribution in [3.8, 4) is 0 Å². The predicted octanol–water partition coefficient (Wildman–Crippen LogP) is 5.94. The van der Waals surface area contributed by atoms with Crippen molar-refractivity contribution in [1.29, 1.82) is 0 Å². The summed E-state index contributed by atoms with van der Waals surface area (Å²) in [7, 11) is 0. The number of hydrogen-bond donors (Lipinski definition) is 0. The van der Waals surface area contributed by atoms with Gasteiger partial charge >= 0.3 is 0 Å². The van der Waals surface area contributed by atoms with Crippen LogP contribution in [0.25, 0.3) is 5.57 Å². The fraction of sp³-hybridized carbons (Fsp3) is 0.286. The average Bonchev–Trinajstić information content (AvgIpc) is 2.51. The molecule has 1 heteroatoms. The molecule has 0 aromatic heterocycles. The van der Waals surface area contributed by atoms with E-state index in [4.69, 9.17) is 0 Å². The number of rotatable bonds is 6. The van der Waals surface area contributed by atoms with Crippen LogP contribution in [0.15, 0.2) is 71.3 Å². The molecule has 0 radical (unpaired) electrons. The molecule has 1 unspecified atom stereocenters. The van der Waals surface area contributed by atoms with Gasteiger partial charge in [-0.1, -0.05) is 60.7 Å². The zero-order chi connectivity index (χ0) is 16.5. The van der Waals surface area contributed by atoms with Crippen LogP contribution < -0.4 is 0 Å². The predicted molar refractivity (Wildman–Crippen MR) is 100 cm³/mol. The Bertz CT molecular complexity index is 610. The summed E-state index contributed by atoms with van der Waals surface area (Å²) >= 11 is 0. The Kier molecular flexibility index (Phi) is 7.31. The first kappa shape index (κ1) is 17.9. The molecule has 1 aromatic carbocycles. The molecule has 0 bridgehead atoms. The maximum atomic E-state index is 4.35. The molecular weight excluding hydrogens is 266 g/mol. The van der Waals surface area contributed by atoms with Gasteiger partial charge < -0.3 is 0 Å². The second-order valence-electron chi connectivity index (χ2n) is 5.30. The number of aliphatic imine (C=N–C) groups is 1. The Morgan fingerprint density at radius 1 is 1.09 bits per heavy atom. The molecule has 0 aliphatic carbocycles. The summed E-state index contributed by atoms with van der Waals surface area (Å²) in [5.41, 5.74) is 5.80. The molecule has 0 saturated carbocycles. The summed E-state index contributed by atoms with van der Waals surface area (Å²) in [5.74, 6) is 0. The Morgan fingerprint density at radius 2 is 1.73 bits per heavy atom. The molecule has 0 aliphatic heterocycles. The molecular formula is C21H27N. The van der Waals surface area contributed by atoms with Gasteiger partial charge in [-0.15, -0.1) is 0 Å². The Morgan fingerprint density at radius 3 is 2.23 bits per heavy atom. The summed E-state index contributed by atoms with van der Waals surface area (Å²) in [5, 5.41) is 0. The highest BCUT2D eigenvalue weighted by Crippen LogP contribution is 2.28. The van der Waals surface area contributed by atoms with Crippen molar-refractivity contribution < 1.29 is 0 Å². The summed E-state index contributed by atoms with van der Waals surface area (Å²) in [6.07, 6.45) is 10.3. The second kappa shape index (κ2) is 8.99. The fourth-order valence-electron chi connectivity index (χ4n) is 2.29. The average molecular weight is 293 g/mol. The standard InChI is InChI=1S/C21H27N/c1-7-19(15-12-17(5)22-9-3)21(8-2)18(6)20-13-10-16(4)11-14-20/h7-15,17H,6H2,1-5H3. The van der Waals surface area contributed by atoms with E-state index < -0.39 is 0 Å². The zero-order valence-corrected chi connectivity index (χ0v) is 14.4. The monoisotopic (exact) mass is 293 g/mol. The van der Waals surface area contributed by atoms with Gasteiger partial charge in [0.1, 0.15) is 0 Å². The molecule has 0 aliphatic rings. The first-order valence-corrected chi connectivity index (χ1v) is 7.78. The highest BCUT2D eigenvalue weighted by atomic mass is 14.7. The highest BCUT2D eigenvalue weighted by molar-refractivity contribution is 5.83. The van der Waals surface area contributed by atoms with Gasteiger partial charge in [0.25, 0.3) is 0 Å². The van der Waals surface area contributed by atoms with Crippen LogP contribution >= 0.6 is 0 Å². The fourth-order valence-corrected chi connectivity index (χ4v) is 2.29. The van der Waals surface area contributed by atoms with Crippen LogP contribution in [-0.4, -0.2) is 12.3 Å². The first-order chi connectivity index (χ1) is 10.5. The van der Waals surface area contributed by atoms with E-state index in [0.717, 1.165) is 16.7 Å². The maximum Gasteiger partial charge on any atom is 0.0650 e. The van der Waals surface area contributed by atoms with Crippen LogP contribution in [0.1, 0.15) is 38.8 Å². The third-order valence-corrected chi connectivity index (χ3v) is 3.57. The van der Waals surface area contributed by atoms with Gasteiger partial charge in [0.15, 0.2) is 0 Å². The van der Waals surface area contributed by atoms with E-state index in [9.17, 15) is 0 Å². The van der Waals surface area contributed by atoms with Gasteiger partial charge in [-0.05, 0) is 63.1 Å². The maximum absolute atomic E-state index is 4.35. The summed E-state index contributed by atoms with van der Waals surface area (Å²) < 4.78 is 0. The normalized spacial score (nSPS) is 14.8. The summed E-state index contributed by atoms with van der Waals surface area (Å²) in [6, 6.07) is 8.68. The van der Waals surface area contributed by atoms with Crippen LogP contribution in [0.2, 0.25) is 0 Å². The highest BCUT2D eigenvalue weighted by Gasteiger charge is 2.08. The topological polar surface area (TPSA) is 12.4 Å². The Labute approximate surface area is 135 Å². The van der Waals surface area contributed by atoms with Crippen molar-refractivity contribution in [3.05, 3.63) is 77.4 Å². The molecule has 0 saturated heterocycles. The molecule has 116 valence electrons. The zero-order valence-electron chi connectivity index (χ0n) is 14.4. The van der Waals surface area contributed by atoms with Gasteiger partial charge in [0, 0.05) is 0 Å². The SMILES string of the molecule is C=C(C(=CC)C(C=CC(C)N=CC)=CC)c1ccc(C)cc1. The molecule has 22 heavy (non-hydrogen) atoms. The van der Waals surface area contributed by atoms with E-state index >= 15 is 0 Å². The first-order valence-electron chi connectivity index (χ1n) is 7.78. The molecule has 1 rings (SSSR count). The third kappa shape index (κ3) is 5.00. The van der Waals surface area contributed by atoms with Gasteiger partial charge in [-0.2, -0.15) is 0 Å². The third-order valence-electron chi connectivity index (χ3n) is 3.57. The molecule has 0 heterocycles. The van der Waals surface area contributed by atoms with Crippen molar-refractivity contribution in [2.75, 3.05) is 0 Å². The summed E-state index contributed by atoms with van der Waals surface area (Å²) in [4.78, 5) is 4.35. The number of aryl methyl sites for hydroxylation is 1. The molecule has 0 N–H and O–H groups in total. The van der Waals surface area contributed by atoms with Crippen molar-refractivity contribution in [1.82, 2.24) is 0 Å². The Balaban J connectivity index is 3.03. The van der Waals surface area contributed by atoms with E-state index in [0.29, 0.717) is 0 Å². The van der Waals surface area contributed by atoms with Gasteiger partial charge in [0.2, 0.25) is 0 Å². The van der Waals surface area contributed by atoms with Crippen molar-refractivity contribution >= 4 is 11.8 Å². The lowest BCUT2D eigenvalue weighted by molar-refractivity contribution is 0.930. The van der Waals surface area contributed by atoms with Crippen molar-refractivity contribution in [2.24, 2.45) is 4.99 Å². The summed E-state index contributed by atoms with van der Waals surface area (Å²) in [6.45, 7) is 14.5. The minimum Gasteiger partial charge on any atom is -0.291 e. The molecule has 0 spiro atoms. The van der Waals surface area contributed by atoms with Crippen LogP contribution in [-0.2, 0) is 0 Å². The lowest BCUT2D eigenvalue weighted by Crippen LogP contribution is -1.95. The quantitative estimate of drug-likeness (QED) is 0.455. The minimum atomic E-state index is 0.186. The van der Waals surface area contributed by atoms with E-state index in [1.807, 2.05) is 13.1 Å². The number of benzene rings is 1. The number of allylic oxidation sites excluding steroid dienone is 6. The van der Waals surface area contributed by atoms with Crippen LogP contribution in [0.5, 0.6) is 0 Å². The van der Waals surface area contributed by atoms with Gasteiger partial charge in [-0.25, -0.2) is 0 Å². The van der Waals surface area contributed by atoms with E-state index in [1.165, 1.54) is 11.1 Å². The molecule has 0 amide bonds. The van der Waals surface area contributed by atoms with Crippen LogP contribution in [0, 0.1) is 6.92 Å². The largest absolute Gasteiger partial charge is 0.291 e. The van der Waals surface area contributed by atoms with E-state index in [-0.39, 0.29) is 6.04 Å².